The van der Waals surface area contributed by atoms with Gasteiger partial charge in [-0.1, -0.05) is 12.1 Å². The van der Waals surface area contributed by atoms with E-state index >= 15 is 0 Å². The average Bonchev–Trinajstić information content (AvgIpc) is 3.42. The first kappa shape index (κ1) is 18.1. The number of aromatic nitrogens is 3. The van der Waals surface area contributed by atoms with Crippen LogP contribution in [0.25, 0.3) is 0 Å². The first-order valence-corrected chi connectivity index (χ1v) is 9.57. The molecule has 0 saturated carbocycles. The van der Waals surface area contributed by atoms with Crippen molar-refractivity contribution in [2.24, 2.45) is 5.10 Å². The molecule has 2 N–H and O–H groups in total. The van der Waals surface area contributed by atoms with Gasteiger partial charge in [-0.2, -0.15) is 20.1 Å². The van der Waals surface area contributed by atoms with Gasteiger partial charge in [0.15, 0.2) is 0 Å². The maximum atomic E-state index is 10.9. The lowest BCUT2D eigenvalue weighted by molar-refractivity contribution is 0.0697. The Kier molecular flexibility index (Phi) is 5.31. The molecule has 0 unspecified atom stereocenters. The second kappa shape index (κ2) is 8.20. The van der Waals surface area contributed by atoms with Crippen LogP contribution < -0.4 is 15.2 Å². The molecule has 4 rings (SSSR count). The second-order valence-electron chi connectivity index (χ2n) is 6.94. The third-order valence-corrected chi connectivity index (χ3v) is 4.93. The third-order valence-electron chi connectivity index (χ3n) is 4.93. The second-order valence-corrected chi connectivity index (χ2v) is 6.94. The summed E-state index contributed by atoms with van der Waals surface area (Å²) in [7, 11) is 0. The number of carboxylic acids is 1. The molecule has 0 bridgehead atoms. The highest BCUT2D eigenvalue weighted by Crippen LogP contribution is 2.22. The summed E-state index contributed by atoms with van der Waals surface area (Å²) in [6.07, 6.45) is 6.21. The lowest BCUT2D eigenvalue weighted by Gasteiger charge is -2.20. The summed E-state index contributed by atoms with van der Waals surface area (Å²) in [5.41, 5.74) is 3.92. The Labute approximate surface area is 163 Å². The zero-order valence-corrected chi connectivity index (χ0v) is 15.6. The molecule has 0 amide bonds. The van der Waals surface area contributed by atoms with Crippen LogP contribution in [0.1, 0.15) is 41.6 Å². The predicted molar refractivity (Wildman–Crippen MR) is 107 cm³/mol. The average molecular weight is 381 g/mol. The molecule has 3 heterocycles. The van der Waals surface area contributed by atoms with Crippen molar-refractivity contribution in [1.29, 1.82) is 0 Å². The number of hydrogen-bond donors (Lipinski definition) is 2. The minimum Gasteiger partial charge on any atom is -0.478 e. The van der Waals surface area contributed by atoms with Crippen molar-refractivity contribution in [3.63, 3.8) is 0 Å². The molecule has 2 aliphatic heterocycles. The van der Waals surface area contributed by atoms with Crippen molar-refractivity contribution in [3.05, 3.63) is 35.4 Å². The Morgan fingerprint density at radius 1 is 0.929 bits per heavy atom. The van der Waals surface area contributed by atoms with E-state index in [4.69, 9.17) is 5.11 Å². The largest absolute Gasteiger partial charge is 0.478 e. The molecule has 0 atom stereocenters. The van der Waals surface area contributed by atoms with E-state index in [0.29, 0.717) is 17.8 Å². The number of carboxylic acid groups (broad SMARTS) is 1. The predicted octanol–water partition coefficient (Wildman–Crippen LogP) is 2.22. The van der Waals surface area contributed by atoms with Gasteiger partial charge in [0.05, 0.1) is 11.8 Å². The maximum absolute atomic E-state index is 10.9. The van der Waals surface area contributed by atoms with Gasteiger partial charge in [0.1, 0.15) is 0 Å². The molecule has 9 heteroatoms. The molecule has 28 heavy (non-hydrogen) atoms. The van der Waals surface area contributed by atoms with Crippen molar-refractivity contribution in [3.8, 4) is 0 Å². The van der Waals surface area contributed by atoms with E-state index in [-0.39, 0.29) is 5.56 Å². The fourth-order valence-electron chi connectivity index (χ4n) is 3.40. The Balaban J connectivity index is 1.51. The van der Waals surface area contributed by atoms with Crippen LogP contribution in [0.2, 0.25) is 0 Å². The van der Waals surface area contributed by atoms with Gasteiger partial charge in [0.2, 0.25) is 17.8 Å². The third kappa shape index (κ3) is 4.19. The first-order valence-electron chi connectivity index (χ1n) is 9.57. The van der Waals surface area contributed by atoms with Gasteiger partial charge in [-0.25, -0.2) is 10.2 Å². The molecule has 0 radical (unpaired) electrons. The minimum atomic E-state index is -0.948. The van der Waals surface area contributed by atoms with Crippen LogP contribution in [-0.4, -0.2) is 58.4 Å². The normalized spacial score (nSPS) is 16.9. The summed E-state index contributed by atoms with van der Waals surface area (Å²) >= 11 is 0. The molecular formula is C19H23N7O2. The van der Waals surface area contributed by atoms with Crippen molar-refractivity contribution < 1.29 is 9.90 Å². The first-order chi connectivity index (χ1) is 13.7. The number of hydrogen-bond acceptors (Lipinski definition) is 8. The molecule has 1 aromatic carbocycles. The van der Waals surface area contributed by atoms with E-state index in [1.54, 1.807) is 30.5 Å². The highest BCUT2D eigenvalue weighted by molar-refractivity contribution is 5.89. The van der Waals surface area contributed by atoms with Crippen LogP contribution >= 0.6 is 0 Å². The van der Waals surface area contributed by atoms with Crippen molar-refractivity contribution in [2.45, 2.75) is 25.7 Å². The highest BCUT2D eigenvalue weighted by atomic mass is 16.4. The van der Waals surface area contributed by atoms with E-state index in [1.165, 1.54) is 0 Å². The summed E-state index contributed by atoms with van der Waals surface area (Å²) in [5.74, 6) is 0.851. The zero-order valence-electron chi connectivity index (χ0n) is 15.6. The fourth-order valence-corrected chi connectivity index (χ4v) is 3.40. The summed E-state index contributed by atoms with van der Waals surface area (Å²) in [5, 5.41) is 13.2. The van der Waals surface area contributed by atoms with Gasteiger partial charge in [-0.15, -0.1) is 0 Å². The fraction of sp³-hybridized carbons (Fsp3) is 0.421. The van der Waals surface area contributed by atoms with Crippen LogP contribution in [-0.2, 0) is 0 Å². The van der Waals surface area contributed by atoms with E-state index in [1.807, 2.05) is 0 Å². The highest BCUT2D eigenvalue weighted by Gasteiger charge is 2.21. The van der Waals surface area contributed by atoms with Crippen molar-refractivity contribution in [1.82, 2.24) is 15.0 Å². The van der Waals surface area contributed by atoms with E-state index < -0.39 is 5.97 Å². The molecule has 2 fully saturated rings. The maximum Gasteiger partial charge on any atom is 0.335 e. The number of hydrazone groups is 1. The van der Waals surface area contributed by atoms with Crippen LogP contribution in [0.4, 0.5) is 17.8 Å². The monoisotopic (exact) mass is 381 g/mol. The van der Waals surface area contributed by atoms with Crippen LogP contribution in [0.5, 0.6) is 0 Å². The molecule has 1 aromatic heterocycles. The molecule has 2 aliphatic rings. The van der Waals surface area contributed by atoms with Gasteiger partial charge >= 0.3 is 5.97 Å². The number of nitrogens with one attached hydrogen (secondary N) is 1. The Morgan fingerprint density at radius 2 is 1.46 bits per heavy atom. The zero-order chi connectivity index (χ0) is 19.3. The smallest absolute Gasteiger partial charge is 0.335 e. The molecule has 0 spiro atoms. The van der Waals surface area contributed by atoms with Crippen molar-refractivity contribution >= 4 is 30.0 Å². The minimum absolute atomic E-state index is 0.244. The molecule has 0 aliphatic carbocycles. The quantitative estimate of drug-likeness (QED) is 0.579. The number of nitrogens with zero attached hydrogens (tertiary/aromatic N) is 6. The topological polar surface area (TPSA) is 107 Å². The summed E-state index contributed by atoms with van der Waals surface area (Å²) in [6.45, 7) is 3.84. The van der Waals surface area contributed by atoms with Crippen LogP contribution in [0, 0.1) is 0 Å². The van der Waals surface area contributed by atoms with Crippen LogP contribution in [0.3, 0.4) is 0 Å². The molecule has 2 saturated heterocycles. The van der Waals surface area contributed by atoms with Gasteiger partial charge in [0, 0.05) is 26.2 Å². The number of anilines is 3. The molecule has 9 nitrogen and oxygen atoms in total. The standard InChI is InChI=1S/C19H23N7O2/c27-16(28)15-7-5-14(6-8-15)13-20-24-17-21-18(25-9-1-2-10-25)23-19(22-17)26-11-3-4-12-26/h5-8,13H,1-4,9-12H2,(H,27,28)(H,21,22,23,24). The summed E-state index contributed by atoms with van der Waals surface area (Å²) in [4.78, 5) is 29.0. The lowest BCUT2D eigenvalue weighted by atomic mass is 10.1. The Hall–Kier alpha value is -3.23. The van der Waals surface area contributed by atoms with Gasteiger partial charge < -0.3 is 14.9 Å². The van der Waals surface area contributed by atoms with E-state index in [9.17, 15) is 4.79 Å². The molecular weight excluding hydrogens is 358 g/mol. The number of rotatable bonds is 6. The Bertz CT molecular complexity index is 823. The number of aromatic carboxylic acids is 1. The van der Waals surface area contributed by atoms with Gasteiger partial charge in [-0.05, 0) is 43.4 Å². The lowest BCUT2D eigenvalue weighted by Crippen LogP contribution is -2.25. The van der Waals surface area contributed by atoms with E-state index in [0.717, 1.165) is 57.4 Å². The SMILES string of the molecule is O=C(O)c1ccc(C=NNc2nc(N3CCCC3)nc(N3CCCC3)n2)cc1. The summed E-state index contributed by atoms with van der Waals surface area (Å²) in [6, 6.07) is 6.49. The van der Waals surface area contributed by atoms with Crippen LogP contribution in [0.15, 0.2) is 29.4 Å². The summed E-state index contributed by atoms with van der Waals surface area (Å²) < 4.78 is 0. The Morgan fingerprint density at radius 3 is 1.96 bits per heavy atom. The number of carbonyl (C=O) groups is 1. The number of benzene rings is 1. The van der Waals surface area contributed by atoms with Gasteiger partial charge in [-0.3, -0.25) is 0 Å². The van der Waals surface area contributed by atoms with Crippen molar-refractivity contribution in [2.75, 3.05) is 41.4 Å². The van der Waals surface area contributed by atoms with Gasteiger partial charge in [0.25, 0.3) is 0 Å². The molecule has 146 valence electrons. The van der Waals surface area contributed by atoms with E-state index in [2.05, 4.69) is 35.3 Å². The molecule has 2 aromatic rings.